The molecule has 0 spiro atoms. The summed E-state index contributed by atoms with van der Waals surface area (Å²) >= 11 is 0. The molecule has 1 atom stereocenters. The molecule has 1 fully saturated rings. The summed E-state index contributed by atoms with van der Waals surface area (Å²) < 4.78 is 4.79. The lowest BCUT2D eigenvalue weighted by atomic mass is 10.3. The van der Waals surface area contributed by atoms with Crippen molar-refractivity contribution in [2.75, 3.05) is 26.3 Å². The number of rotatable bonds is 3. The molecule has 1 amide bonds. The molecule has 0 aliphatic carbocycles. The van der Waals surface area contributed by atoms with E-state index in [1.165, 1.54) is 4.90 Å². The van der Waals surface area contributed by atoms with Gasteiger partial charge in [-0.25, -0.2) is 4.79 Å². The minimum atomic E-state index is -0.365. The average molecular weight is 174 g/mol. The van der Waals surface area contributed by atoms with E-state index in [-0.39, 0.29) is 18.7 Å². The van der Waals surface area contributed by atoms with Crippen LogP contribution in [0, 0.1) is 0 Å². The summed E-state index contributed by atoms with van der Waals surface area (Å²) in [6.45, 7) is 1.43. The number of cyclic esters (lactones) is 1. The number of hydrogen-bond donors (Lipinski definition) is 2. The number of aliphatic hydroxyl groups is 1. The molecule has 0 aromatic heterocycles. The first-order valence-corrected chi connectivity index (χ1v) is 4.02. The molecule has 3 N–H and O–H groups in total. The number of carbonyl (C=O) groups excluding carboxylic acids is 1. The van der Waals surface area contributed by atoms with Crippen molar-refractivity contribution in [2.24, 2.45) is 5.73 Å². The molecule has 70 valence electrons. The van der Waals surface area contributed by atoms with Crippen molar-refractivity contribution in [3.8, 4) is 0 Å². The topological polar surface area (TPSA) is 75.8 Å². The predicted octanol–water partition coefficient (Wildman–Crippen LogP) is -0.852. The highest BCUT2D eigenvalue weighted by atomic mass is 16.6. The van der Waals surface area contributed by atoms with Crippen LogP contribution in [0.3, 0.4) is 0 Å². The summed E-state index contributed by atoms with van der Waals surface area (Å²) in [6.07, 6.45) is 0.509. The van der Waals surface area contributed by atoms with Gasteiger partial charge in [0.05, 0.1) is 13.2 Å². The van der Waals surface area contributed by atoms with Crippen LogP contribution in [-0.4, -0.2) is 48.4 Å². The molecule has 1 saturated heterocycles. The minimum Gasteiger partial charge on any atom is -0.449 e. The molecule has 0 saturated carbocycles. The van der Waals surface area contributed by atoms with E-state index in [1.54, 1.807) is 0 Å². The summed E-state index contributed by atoms with van der Waals surface area (Å²) in [5, 5.41) is 8.65. The lowest BCUT2D eigenvalue weighted by molar-refractivity contribution is 0.0676. The Balaban J connectivity index is 2.34. The molecule has 0 bridgehead atoms. The number of nitrogens with zero attached hydrogens (tertiary/aromatic N) is 1. The highest BCUT2D eigenvalue weighted by Crippen LogP contribution is 2.04. The molecule has 5 heteroatoms. The second-order valence-electron chi connectivity index (χ2n) is 2.86. The maximum atomic E-state index is 11.0. The van der Waals surface area contributed by atoms with E-state index < -0.39 is 0 Å². The second kappa shape index (κ2) is 4.27. The molecule has 12 heavy (non-hydrogen) atoms. The number of ether oxygens (including phenoxy) is 1. The van der Waals surface area contributed by atoms with Gasteiger partial charge < -0.3 is 20.5 Å². The molecule has 1 unspecified atom stereocenters. The van der Waals surface area contributed by atoms with Gasteiger partial charge in [0.1, 0.15) is 0 Å². The Bertz CT molecular complexity index is 163. The van der Waals surface area contributed by atoms with Gasteiger partial charge in [-0.3, -0.25) is 0 Å². The maximum absolute atomic E-state index is 11.0. The molecular formula is C7H14N2O3. The Morgan fingerprint density at radius 2 is 2.50 bits per heavy atom. The van der Waals surface area contributed by atoms with Crippen LogP contribution in [-0.2, 0) is 4.74 Å². The van der Waals surface area contributed by atoms with Crippen molar-refractivity contribution in [2.45, 2.75) is 12.5 Å². The summed E-state index contributed by atoms with van der Waals surface area (Å²) in [7, 11) is 0. The third kappa shape index (κ3) is 2.35. The third-order valence-electron chi connectivity index (χ3n) is 1.75. The quantitative estimate of drug-likeness (QED) is 0.584. The van der Waals surface area contributed by atoms with Crippen LogP contribution in [0.4, 0.5) is 4.79 Å². The standard InChI is InChI=1S/C7H14N2O3/c8-6(5-10)4-9-2-1-3-12-7(9)11/h6,10H,1-5,8H2. The normalized spacial score (nSPS) is 20.5. The zero-order chi connectivity index (χ0) is 8.97. The smallest absolute Gasteiger partial charge is 0.409 e. The summed E-state index contributed by atoms with van der Waals surface area (Å²) in [5.41, 5.74) is 5.47. The summed E-state index contributed by atoms with van der Waals surface area (Å²) in [4.78, 5) is 12.5. The monoisotopic (exact) mass is 174 g/mol. The largest absolute Gasteiger partial charge is 0.449 e. The van der Waals surface area contributed by atoms with Gasteiger partial charge in [-0.15, -0.1) is 0 Å². The summed E-state index contributed by atoms with van der Waals surface area (Å²) in [5.74, 6) is 0. The molecule has 0 radical (unpaired) electrons. The van der Waals surface area contributed by atoms with E-state index in [0.717, 1.165) is 6.42 Å². The van der Waals surface area contributed by atoms with Crippen molar-refractivity contribution in [3.63, 3.8) is 0 Å². The lowest BCUT2D eigenvalue weighted by Gasteiger charge is -2.27. The van der Waals surface area contributed by atoms with Gasteiger partial charge in [0.15, 0.2) is 0 Å². The molecule has 1 aliphatic heterocycles. The Labute approximate surface area is 71.1 Å². The zero-order valence-corrected chi connectivity index (χ0v) is 6.90. The van der Waals surface area contributed by atoms with Crippen LogP contribution in [0.2, 0.25) is 0 Å². The van der Waals surface area contributed by atoms with Crippen molar-refractivity contribution in [3.05, 3.63) is 0 Å². The number of nitrogens with two attached hydrogens (primary N) is 1. The molecule has 0 aromatic carbocycles. The fraction of sp³-hybridized carbons (Fsp3) is 0.857. The van der Waals surface area contributed by atoms with Crippen LogP contribution in [0.5, 0.6) is 0 Å². The first-order valence-electron chi connectivity index (χ1n) is 4.02. The SMILES string of the molecule is NC(CO)CN1CCCOC1=O. The summed E-state index contributed by atoms with van der Waals surface area (Å²) in [6, 6.07) is -0.365. The predicted molar refractivity (Wildman–Crippen MR) is 42.6 cm³/mol. The van der Waals surface area contributed by atoms with E-state index >= 15 is 0 Å². The van der Waals surface area contributed by atoms with E-state index in [2.05, 4.69) is 0 Å². The number of carbonyl (C=O) groups is 1. The van der Waals surface area contributed by atoms with Gasteiger partial charge in [-0.05, 0) is 6.42 Å². The molecular weight excluding hydrogens is 160 g/mol. The fourth-order valence-corrected chi connectivity index (χ4v) is 1.10. The number of aliphatic hydroxyl groups excluding tert-OH is 1. The van der Waals surface area contributed by atoms with Crippen LogP contribution in [0.25, 0.3) is 0 Å². The van der Waals surface area contributed by atoms with Crippen LogP contribution >= 0.6 is 0 Å². The Hall–Kier alpha value is -0.810. The molecule has 1 heterocycles. The van der Waals surface area contributed by atoms with Crippen molar-refractivity contribution >= 4 is 6.09 Å². The van der Waals surface area contributed by atoms with Crippen LogP contribution in [0.1, 0.15) is 6.42 Å². The Morgan fingerprint density at radius 1 is 1.75 bits per heavy atom. The average Bonchev–Trinajstić information content (AvgIpc) is 2.09. The van der Waals surface area contributed by atoms with E-state index in [0.29, 0.717) is 19.7 Å². The van der Waals surface area contributed by atoms with Gasteiger partial charge >= 0.3 is 6.09 Å². The lowest BCUT2D eigenvalue weighted by Crippen LogP contribution is -2.46. The van der Waals surface area contributed by atoms with Gasteiger partial charge in [0.25, 0.3) is 0 Å². The van der Waals surface area contributed by atoms with Crippen molar-refractivity contribution in [1.82, 2.24) is 4.90 Å². The van der Waals surface area contributed by atoms with Gasteiger partial charge in [0, 0.05) is 19.1 Å². The first-order chi connectivity index (χ1) is 5.74. The van der Waals surface area contributed by atoms with Crippen molar-refractivity contribution in [1.29, 1.82) is 0 Å². The van der Waals surface area contributed by atoms with E-state index in [4.69, 9.17) is 15.6 Å². The Morgan fingerprint density at radius 3 is 3.08 bits per heavy atom. The minimum absolute atomic E-state index is 0.107. The number of hydrogen-bond acceptors (Lipinski definition) is 4. The van der Waals surface area contributed by atoms with Crippen LogP contribution < -0.4 is 5.73 Å². The fourth-order valence-electron chi connectivity index (χ4n) is 1.10. The highest BCUT2D eigenvalue weighted by molar-refractivity contribution is 5.68. The second-order valence-corrected chi connectivity index (χ2v) is 2.86. The van der Waals surface area contributed by atoms with Gasteiger partial charge in [-0.1, -0.05) is 0 Å². The zero-order valence-electron chi connectivity index (χ0n) is 6.90. The van der Waals surface area contributed by atoms with E-state index in [1.807, 2.05) is 0 Å². The molecule has 1 aliphatic rings. The van der Waals surface area contributed by atoms with Gasteiger partial charge in [0.2, 0.25) is 0 Å². The molecule has 0 aromatic rings. The van der Waals surface area contributed by atoms with Crippen LogP contribution in [0.15, 0.2) is 0 Å². The van der Waals surface area contributed by atoms with Crippen molar-refractivity contribution < 1.29 is 14.6 Å². The van der Waals surface area contributed by atoms with E-state index in [9.17, 15) is 4.79 Å². The highest BCUT2D eigenvalue weighted by Gasteiger charge is 2.20. The molecule has 1 rings (SSSR count). The Kier molecular flexibility index (Phi) is 3.31. The first kappa shape index (κ1) is 9.28. The maximum Gasteiger partial charge on any atom is 0.409 e. The molecule has 5 nitrogen and oxygen atoms in total. The number of amides is 1. The van der Waals surface area contributed by atoms with Gasteiger partial charge in [-0.2, -0.15) is 0 Å². The third-order valence-corrected chi connectivity index (χ3v) is 1.75.